The third-order valence-electron chi connectivity index (χ3n) is 1.66. The molecule has 0 radical (unpaired) electrons. The maximum atomic E-state index is 8.79. The summed E-state index contributed by atoms with van der Waals surface area (Å²) in [5, 5.41) is 8.79. The Morgan fingerprint density at radius 1 is 1.57 bits per heavy atom. The molecule has 0 aromatic heterocycles. The number of anilines is 1. The lowest BCUT2D eigenvalue weighted by Crippen LogP contribution is -2.24. The van der Waals surface area contributed by atoms with Crippen LogP contribution in [0.3, 0.4) is 0 Å². The van der Waals surface area contributed by atoms with Gasteiger partial charge in [-0.3, -0.25) is 0 Å². The smallest absolute Gasteiger partial charge is 0.159 e. The molecule has 1 atom stereocenters. The number of nitriles is 1. The number of hydrogen-bond acceptors (Lipinski definition) is 4. The molecule has 74 valence electrons. The summed E-state index contributed by atoms with van der Waals surface area (Å²) >= 11 is 0. The van der Waals surface area contributed by atoms with Crippen molar-refractivity contribution >= 4 is 5.69 Å². The largest absolute Gasteiger partial charge is 0.488 e. The monoisotopic (exact) mass is 191 g/mol. The molecule has 0 spiro atoms. The molecule has 0 aliphatic carbocycles. The van der Waals surface area contributed by atoms with Crippen molar-refractivity contribution < 1.29 is 4.74 Å². The molecule has 0 fully saturated rings. The van der Waals surface area contributed by atoms with Crippen LogP contribution in [0.2, 0.25) is 0 Å². The van der Waals surface area contributed by atoms with Crippen LogP contribution in [-0.4, -0.2) is 12.6 Å². The van der Waals surface area contributed by atoms with Crippen molar-refractivity contribution in [3.05, 3.63) is 23.8 Å². The van der Waals surface area contributed by atoms with Gasteiger partial charge in [0.25, 0.3) is 0 Å². The van der Waals surface area contributed by atoms with Crippen LogP contribution in [0.1, 0.15) is 12.5 Å². The van der Waals surface area contributed by atoms with Gasteiger partial charge in [0.15, 0.2) is 5.75 Å². The Kier molecular flexibility index (Phi) is 3.32. The Labute approximate surface area is 83.1 Å². The first-order valence-electron chi connectivity index (χ1n) is 4.32. The van der Waals surface area contributed by atoms with Gasteiger partial charge in [-0.15, -0.1) is 0 Å². The third kappa shape index (κ3) is 2.38. The molecule has 0 heterocycles. The molecule has 0 saturated carbocycles. The summed E-state index contributed by atoms with van der Waals surface area (Å²) in [5.74, 6) is 0.423. The van der Waals surface area contributed by atoms with E-state index in [1.807, 2.05) is 13.0 Å². The zero-order chi connectivity index (χ0) is 10.6. The standard InChI is InChI=1S/C10H13N3O/c1-7(12)6-14-10-8(5-11)3-2-4-9(10)13/h2-4,7H,6,12-13H2,1H3. The lowest BCUT2D eigenvalue weighted by molar-refractivity contribution is 0.297. The average molecular weight is 191 g/mol. The number of rotatable bonds is 3. The number of nitrogens with two attached hydrogens (primary N) is 2. The summed E-state index contributed by atoms with van der Waals surface area (Å²) in [6, 6.07) is 7.00. The fraction of sp³-hybridized carbons (Fsp3) is 0.300. The van der Waals surface area contributed by atoms with Gasteiger partial charge < -0.3 is 16.2 Å². The molecule has 0 saturated heterocycles. The van der Waals surface area contributed by atoms with Gasteiger partial charge in [0.2, 0.25) is 0 Å². The summed E-state index contributed by atoms with van der Waals surface area (Å²) in [4.78, 5) is 0. The number of benzene rings is 1. The lowest BCUT2D eigenvalue weighted by Gasteiger charge is -2.11. The van der Waals surface area contributed by atoms with E-state index in [0.29, 0.717) is 23.6 Å². The normalized spacial score (nSPS) is 11.8. The van der Waals surface area contributed by atoms with Crippen molar-refractivity contribution in [3.8, 4) is 11.8 Å². The average Bonchev–Trinajstić information content (AvgIpc) is 2.15. The zero-order valence-electron chi connectivity index (χ0n) is 8.03. The molecule has 4 heteroatoms. The van der Waals surface area contributed by atoms with Crippen LogP contribution in [0, 0.1) is 11.3 Å². The highest BCUT2D eigenvalue weighted by molar-refractivity contribution is 5.60. The predicted octanol–water partition coefficient (Wildman–Crippen LogP) is 0.866. The van der Waals surface area contributed by atoms with E-state index in [4.69, 9.17) is 21.5 Å². The van der Waals surface area contributed by atoms with E-state index in [1.54, 1.807) is 18.2 Å². The van der Waals surface area contributed by atoms with Gasteiger partial charge in [-0.2, -0.15) is 5.26 Å². The molecular formula is C10H13N3O. The van der Waals surface area contributed by atoms with Crippen LogP contribution in [0.25, 0.3) is 0 Å². The minimum atomic E-state index is -0.0823. The molecular weight excluding hydrogens is 178 g/mol. The van der Waals surface area contributed by atoms with Crippen LogP contribution < -0.4 is 16.2 Å². The van der Waals surface area contributed by atoms with E-state index in [1.165, 1.54) is 0 Å². The third-order valence-corrected chi connectivity index (χ3v) is 1.66. The second-order valence-electron chi connectivity index (χ2n) is 3.12. The van der Waals surface area contributed by atoms with Crippen molar-refractivity contribution in [2.75, 3.05) is 12.3 Å². The van der Waals surface area contributed by atoms with E-state index in [0.717, 1.165) is 0 Å². The molecule has 1 aromatic rings. The highest BCUT2D eigenvalue weighted by atomic mass is 16.5. The summed E-state index contributed by atoms with van der Waals surface area (Å²) in [6.07, 6.45) is 0. The van der Waals surface area contributed by atoms with Crippen LogP contribution in [0.15, 0.2) is 18.2 Å². The molecule has 1 aromatic carbocycles. The van der Waals surface area contributed by atoms with E-state index in [2.05, 4.69) is 0 Å². The predicted molar refractivity (Wildman–Crippen MR) is 54.7 cm³/mol. The fourth-order valence-electron chi connectivity index (χ4n) is 1.02. The SMILES string of the molecule is CC(N)COc1c(N)cccc1C#N. The van der Waals surface area contributed by atoms with E-state index in [-0.39, 0.29) is 6.04 Å². The number of para-hydroxylation sites is 1. The van der Waals surface area contributed by atoms with Crippen molar-refractivity contribution in [1.29, 1.82) is 5.26 Å². The molecule has 14 heavy (non-hydrogen) atoms. The summed E-state index contributed by atoms with van der Waals surface area (Å²) in [6.45, 7) is 2.17. The topological polar surface area (TPSA) is 85.1 Å². The van der Waals surface area contributed by atoms with E-state index < -0.39 is 0 Å². The summed E-state index contributed by atoms with van der Waals surface area (Å²) in [7, 11) is 0. The summed E-state index contributed by atoms with van der Waals surface area (Å²) in [5.41, 5.74) is 12.1. The maximum Gasteiger partial charge on any atom is 0.159 e. The fourth-order valence-corrected chi connectivity index (χ4v) is 1.02. The van der Waals surface area contributed by atoms with E-state index in [9.17, 15) is 0 Å². The molecule has 0 bridgehead atoms. The first-order valence-corrected chi connectivity index (χ1v) is 4.32. The highest BCUT2D eigenvalue weighted by Crippen LogP contribution is 2.25. The Morgan fingerprint density at radius 3 is 2.86 bits per heavy atom. The number of nitrogen functional groups attached to an aromatic ring is 1. The number of ether oxygens (including phenoxy) is 1. The van der Waals surface area contributed by atoms with E-state index >= 15 is 0 Å². The first-order chi connectivity index (χ1) is 6.65. The second kappa shape index (κ2) is 4.49. The molecule has 0 aliphatic heterocycles. The quantitative estimate of drug-likeness (QED) is 0.694. The molecule has 0 aliphatic rings. The Morgan fingerprint density at radius 2 is 2.29 bits per heavy atom. The summed E-state index contributed by atoms with van der Waals surface area (Å²) < 4.78 is 5.35. The molecule has 1 unspecified atom stereocenters. The van der Waals surface area contributed by atoms with Gasteiger partial charge in [-0.05, 0) is 19.1 Å². The van der Waals surface area contributed by atoms with Gasteiger partial charge in [0.05, 0.1) is 11.3 Å². The van der Waals surface area contributed by atoms with Gasteiger partial charge in [0, 0.05) is 6.04 Å². The second-order valence-corrected chi connectivity index (χ2v) is 3.12. The Bertz CT molecular complexity index is 355. The minimum absolute atomic E-state index is 0.0823. The van der Waals surface area contributed by atoms with Gasteiger partial charge in [0.1, 0.15) is 12.7 Å². The van der Waals surface area contributed by atoms with Crippen molar-refractivity contribution in [1.82, 2.24) is 0 Å². The molecule has 4 nitrogen and oxygen atoms in total. The van der Waals surface area contributed by atoms with Crippen LogP contribution in [0.4, 0.5) is 5.69 Å². The van der Waals surface area contributed by atoms with Gasteiger partial charge in [-0.25, -0.2) is 0 Å². The van der Waals surface area contributed by atoms with Crippen LogP contribution >= 0.6 is 0 Å². The Hall–Kier alpha value is -1.73. The highest BCUT2D eigenvalue weighted by Gasteiger charge is 2.07. The molecule has 1 rings (SSSR count). The Balaban J connectivity index is 2.89. The number of nitrogens with zero attached hydrogens (tertiary/aromatic N) is 1. The number of hydrogen-bond donors (Lipinski definition) is 2. The van der Waals surface area contributed by atoms with Gasteiger partial charge in [-0.1, -0.05) is 6.07 Å². The van der Waals surface area contributed by atoms with Crippen LogP contribution in [0.5, 0.6) is 5.75 Å². The lowest BCUT2D eigenvalue weighted by atomic mass is 10.2. The minimum Gasteiger partial charge on any atom is -0.488 e. The van der Waals surface area contributed by atoms with Crippen molar-refractivity contribution in [2.24, 2.45) is 5.73 Å². The maximum absolute atomic E-state index is 8.79. The van der Waals surface area contributed by atoms with Crippen molar-refractivity contribution in [3.63, 3.8) is 0 Å². The van der Waals surface area contributed by atoms with Crippen LogP contribution in [-0.2, 0) is 0 Å². The van der Waals surface area contributed by atoms with Crippen molar-refractivity contribution in [2.45, 2.75) is 13.0 Å². The zero-order valence-corrected chi connectivity index (χ0v) is 8.03. The molecule has 4 N–H and O–H groups in total. The first kappa shape index (κ1) is 10.4. The molecule has 0 amide bonds. The van der Waals surface area contributed by atoms with Gasteiger partial charge >= 0.3 is 0 Å².